The Hall–Kier alpha value is -3.39. The molecule has 180 valence electrons. The Morgan fingerprint density at radius 1 is 0.912 bits per heavy atom. The summed E-state index contributed by atoms with van der Waals surface area (Å²) < 4.78 is 10.6. The van der Waals surface area contributed by atoms with E-state index in [0.717, 1.165) is 0 Å². The Kier molecular flexibility index (Phi) is 7.80. The summed E-state index contributed by atoms with van der Waals surface area (Å²) in [4.78, 5) is 42.9. The Morgan fingerprint density at radius 3 is 2.26 bits per heavy atom. The number of rotatable bonds is 6. The zero-order valence-electron chi connectivity index (χ0n) is 19.4. The molecule has 0 bridgehead atoms. The van der Waals surface area contributed by atoms with Crippen LogP contribution in [0.2, 0.25) is 0 Å². The highest BCUT2D eigenvalue weighted by Crippen LogP contribution is 2.25. The predicted molar refractivity (Wildman–Crippen MR) is 127 cm³/mol. The first-order valence-electron chi connectivity index (χ1n) is 11.7. The fraction of sp³-hybridized carbons (Fsp3) is 0.423. The number of hydrogen-bond acceptors (Lipinski definition) is 5. The average molecular weight is 466 g/mol. The zero-order valence-corrected chi connectivity index (χ0v) is 19.4. The molecule has 0 unspecified atom stereocenters. The maximum atomic E-state index is 13.4. The van der Waals surface area contributed by atoms with E-state index in [2.05, 4.69) is 5.32 Å². The van der Waals surface area contributed by atoms with Crippen molar-refractivity contribution < 1.29 is 23.9 Å². The van der Waals surface area contributed by atoms with E-state index in [1.54, 1.807) is 65.4 Å². The Labute approximate surface area is 199 Å². The molecule has 1 N–H and O–H groups in total. The normalized spacial score (nSPS) is 17.7. The minimum Gasteiger partial charge on any atom is -0.497 e. The van der Waals surface area contributed by atoms with Gasteiger partial charge in [0.15, 0.2) is 0 Å². The van der Waals surface area contributed by atoms with Gasteiger partial charge in [-0.3, -0.25) is 14.4 Å². The number of hydrogen-bond donors (Lipinski definition) is 1. The molecule has 8 nitrogen and oxygen atoms in total. The van der Waals surface area contributed by atoms with Gasteiger partial charge in [-0.05, 0) is 49.1 Å². The first-order valence-corrected chi connectivity index (χ1v) is 11.7. The van der Waals surface area contributed by atoms with Crippen LogP contribution >= 0.6 is 0 Å². The molecular formula is C26H31N3O5. The van der Waals surface area contributed by atoms with Gasteiger partial charge in [0, 0.05) is 37.3 Å². The van der Waals surface area contributed by atoms with Crippen molar-refractivity contribution in [3.8, 4) is 5.75 Å². The maximum Gasteiger partial charge on any atom is 0.253 e. The topological polar surface area (TPSA) is 88.2 Å². The fourth-order valence-corrected chi connectivity index (χ4v) is 4.55. The van der Waals surface area contributed by atoms with Crippen LogP contribution < -0.4 is 10.1 Å². The zero-order chi connectivity index (χ0) is 23.9. The molecule has 2 aromatic carbocycles. The van der Waals surface area contributed by atoms with Crippen molar-refractivity contribution in [1.29, 1.82) is 0 Å². The van der Waals surface area contributed by atoms with Crippen LogP contribution in [0.3, 0.4) is 0 Å². The molecule has 4 rings (SSSR count). The average Bonchev–Trinajstić information content (AvgIpc) is 2.92. The molecule has 2 saturated heterocycles. The highest BCUT2D eigenvalue weighted by molar-refractivity contribution is 5.98. The van der Waals surface area contributed by atoms with Crippen molar-refractivity contribution >= 4 is 17.7 Å². The number of methoxy groups -OCH3 is 1. The molecular weight excluding hydrogens is 434 g/mol. The van der Waals surface area contributed by atoms with Crippen molar-refractivity contribution in [3.63, 3.8) is 0 Å². The van der Waals surface area contributed by atoms with Crippen molar-refractivity contribution in [2.45, 2.75) is 18.9 Å². The van der Waals surface area contributed by atoms with Crippen LogP contribution in [-0.2, 0) is 9.53 Å². The van der Waals surface area contributed by atoms with Gasteiger partial charge in [0.2, 0.25) is 5.91 Å². The van der Waals surface area contributed by atoms with E-state index in [1.807, 2.05) is 6.07 Å². The molecule has 2 fully saturated rings. The van der Waals surface area contributed by atoms with Gasteiger partial charge >= 0.3 is 0 Å². The Balaban J connectivity index is 1.45. The fourth-order valence-electron chi connectivity index (χ4n) is 4.55. The minimum atomic E-state index is -0.639. The van der Waals surface area contributed by atoms with E-state index in [0.29, 0.717) is 69.1 Å². The Bertz CT molecular complexity index is 999. The van der Waals surface area contributed by atoms with E-state index >= 15 is 0 Å². The number of carbonyl (C=O) groups excluding carboxylic acids is 3. The summed E-state index contributed by atoms with van der Waals surface area (Å²) in [7, 11) is 1.57. The summed E-state index contributed by atoms with van der Waals surface area (Å²) in [6, 6.07) is 15.4. The largest absolute Gasteiger partial charge is 0.497 e. The van der Waals surface area contributed by atoms with Crippen molar-refractivity contribution in [2.75, 3.05) is 46.5 Å². The van der Waals surface area contributed by atoms with Crippen LogP contribution in [0.5, 0.6) is 5.75 Å². The first-order chi connectivity index (χ1) is 16.6. The van der Waals surface area contributed by atoms with Crippen LogP contribution in [0, 0.1) is 5.92 Å². The van der Waals surface area contributed by atoms with E-state index in [4.69, 9.17) is 9.47 Å². The van der Waals surface area contributed by atoms with Crippen LogP contribution in [0.15, 0.2) is 54.6 Å². The number of ether oxygens (including phenoxy) is 2. The van der Waals surface area contributed by atoms with Gasteiger partial charge in [0.05, 0.1) is 20.3 Å². The van der Waals surface area contributed by atoms with Gasteiger partial charge in [-0.25, -0.2) is 0 Å². The monoisotopic (exact) mass is 465 g/mol. The van der Waals surface area contributed by atoms with Crippen LogP contribution in [0.1, 0.15) is 33.6 Å². The third-order valence-electron chi connectivity index (χ3n) is 6.53. The van der Waals surface area contributed by atoms with Gasteiger partial charge in [-0.1, -0.05) is 24.3 Å². The molecule has 1 atom stereocenters. The van der Waals surface area contributed by atoms with Gasteiger partial charge < -0.3 is 24.6 Å². The number of carbonyl (C=O) groups is 3. The molecule has 2 aliphatic rings. The number of nitrogens with one attached hydrogen (secondary N) is 1. The van der Waals surface area contributed by atoms with Crippen molar-refractivity contribution in [1.82, 2.24) is 15.1 Å². The first kappa shape index (κ1) is 23.8. The Morgan fingerprint density at radius 2 is 1.59 bits per heavy atom. The number of morpholine rings is 1. The second-order valence-corrected chi connectivity index (χ2v) is 8.62. The number of nitrogens with zero attached hydrogens (tertiary/aromatic N) is 2. The lowest BCUT2D eigenvalue weighted by Crippen LogP contribution is -2.56. The molecule has 0 radical (unpaired) electrons. The van der Waals surface area contributed by atoms with Gasteiger partial charge in [0.1, 0.15) is 11.8 Å². The summed E-state index contributed by atoms with van der Waals surface area (Å²) in [6.45, 7) is 3.08. The third-order valence-corrected chi connectivity index (χ3v) is 6.53. The molecule has 3 amide bonds. The van der Waals surface area contributed by atoms with Gasteiger partial charge in [0.25, 0.3) is 11.8 Å². The lowest BCUT2D eigenvalue weighted by molar-refractivity contribution is -0.139. The van der Waals surface area contributed by atoms with Gasteiger partial charge in [-0.2, -0.15) is 0 Å². The summed E-state index contributed by atoms with van der Waals surface area (Å²) in [5, 5.41) is 3.00. The predicted octanol–water partition coefficient (Wildman–Crippen LogP) is 2.20. The van der Waals surface area contributed by atoms with E-state index in [9.17, 15) is 14.4 Å². The van der Waals surface area contributed by atoms with Crippen molar-refractivity contribution in [3.05, 3.63) is 65.7 Å². The molecule has 2 aliphatic heterocycles. The standard InChI is InChI=1S/C26H31N3O5/c1-33-22-9-5-8-21(18-22)25(31)28-12-10-19(11-13-28)23(26(32)29-14-16-34-17-15-29)27-24(30)20-6-3-2-4-7-20/h2-9,18-19,23H,10-17H2,1H3,(H,27,30)/t23-/m1/s1. The number of amides is 3. The highest BCUT2D eigenvalue weighted by Gasteiger charge is 2.36. The van der Waals surface area contributed by atoms with Crippen molar-refractivity contribution in [2.24, 2.45) is 5.92 Å². The van der Waals surface area contributed by atoms with E-state index in [1.165, 1.54) is 0 Å². The lowest BCUT2D eigenvalue weighted by atomic mass is 9.87. The molecule has 2 heterocycles. The molecule has 0 spiro atoms. The second-order valence-electron chi connectivity index (χ2n) is 8.62. The summed E-state index contributed by atoms with van der Waals surface area (Å²) in [6.07, 6.45) is 1.26. The molecule has 0 aromatic heterocycles. The second kappa shape index (κ2) is 11.2. The van der Waals surface area contributed by atoms with E-state index < -0.39 is 6.04 Å². The van der Waals surface area contributed by atoms with Crippen LogP contribution in [0.25, 0.3) is 0 Å². The summed E-state index contributed by atoms with van der Waals surface area (Å²) in [5.74, 6) is 0.187. The highest BCUT2D eigenvalue weighted by atomic mass is 16.5. The SMILES string of the molecule is COc1cccc(C(=O)N2CCC([C@@H](NC(=O)c3ccccc3)C(=O)N3CCOCC3)CC2)c1. The number of likely N-dealkylation sites (tertiary alicyclic amines) is 1. The van der Waals surface area contributed by atoms with E-state index in [-0.39, 0.29) is 23.6 Å². The van der Waals surface area contributed by atoms with Gasteiger partial charge in [-0.15, -0.1) is 0 Å². The minimum absolute atomic E-state index is 0.0540. The quantitative estimate of drug-likeness (QED) is 0.707. The molecule has 2 aromatic rings. The third kappa shape index (κ3) is 5.56. The number of benzene rings is 2. The smallest absolute Gasteiger partial charge is 0.253 e. The molecule has 0 aliphatic carbocycles. The number of piperidine rings is 1. The molecule has 34 heavy (non-hydrogen) atoms. The van der Waals surface area contributed by atoms with Crippen LogP contribution in [0.4, 0.5) is 0 Å². The summed E-state index contributed by atoms with van der Waals surface area (Å²) in [5.41, 5.74) is 1.10. The molecule has 0 saturated carbocycles. The summed E-state index contributed by atoms with van der Waals surface area (Å²) >= 11 is 0. The molecule has 8 heteroatoms. The lowest BCUT2D eigenvalue weighted by Gasteiger charge is -2.38. The maximum absolute atomic E-state index is 13.4. The van der Waals surface area contributed by atoms with Crippen LogP contribution in [-0.4, -0.2) is 80.1 Å².